The van der Waals surface area contributed by atoms with Crippen LogP contribution >= 0.6 is 11.3 Å². The lowest BCUT2D eigenvalue weighted by molar-refractivity contribution is -0.116. The second-order valence-electron chi connectivity index (χ2n) is 4.58. The Morgan fingerprint density at radius 3 is 2.80 bits per heavy atom. The molecule has 2 rings (SSSR count). The molecule has 20 heavy (non-hydrogen) atoms. The Kier molecular flexibility index (Phi) is 4.34. The fourth-order valence-corrected chi connectivity index (χ4v) is 2.60. The number of hydrogen-bond donors (Lipinski definition) is 1. The van der Waals surface area contributed by atoms with Crippen molar-refractivity contribution >= 4 is 22.9 Å². The molecule has 0 aliphatic heterocycles. The highest BCUT2D eigenvalue weighted by atomic mass is 32.1. The van der Waals surface area contributed by atoms with E-state index in [1.165, 1.54) is 10.6 Å². The van der Waals surface area contributed by atoms with Gasteiger partial charge >= 0.3 is 4.87 Å². The summed E-state index contributed by atoms with van der Waals surface area (Å²) in [6, 6.07) is 4.53. The first-order chi connectivity index (χ1) is 9.47. The quantitative estimate of drug-likeness (QED) is 0.942. The molecule has 0 saturated heterocycles. The molecule has 106 valence electrons. The fourth-order valence-electron chi connectivity index (χ4n) is 1.84. The molecule has 4 nitrogen and oxygen atoms in total. The van der Waals surface area contributed by atoms with Crippen LogP contribution in [0.3, 0.4) is 0 Å². The largest absolute Gasteiger partial charge is 0.324 e. The first-order valence-electron chi connectivity index (χ1n) is 6.18. The highest BCUT2D eigenvalue weighted by Crippen LogP contribution is 2.15. The van der Waals surface area contributed by atoms with Gasteiger partial charge in [-0.15, -0.1) is 0 Å². The molecular weight excluding hydrogens is 279 g/mol. The monoisotopic (exact) mass is 294 g/mol. The average molecular weight is 294 g/mol. The number of benzene rings is 1. The lowest BCUT2D eigenvalue weighted by Gasteiger charge is -2.08. The molecule has 6 heteroatoms. The minimum absolute atomic E-state index is 0.0861. The Labute approximate surface area is 119 Å². The van der Waals surface area contributed by atoms with Crippen molar-refractivity contribution in [3.63, 3.8) is 0 Å². The van der Waals surface area contributed by atoms with E-state index in [2.05, 4.69) is 5.32 Å². The van der Waals surface area contributed by atoms with Crippen molar-refractivity contribution in [3.8, 4) is 0 Å². The smallest absolute Gasteiger partial charge is 0.307 e. The van der Waals surface area contributed by atoms with E-state index in [1.54, 1.807) is 17.5 Å². The third kappa shape index (κ3) is 3.33. The SMILES string of the molecule is Cc1ccc(F)c(NC(=O)CCn2c(C)csc2=O)c1. The second kappa shape index (κ2) is 6.00. The molecule has 0 spiro atoms. The van der Waals surface area contributed by atoms with Gasteiger partial charge in [-0.25, -0.2) is 4.39 Å². The summed E-state index contributed by atoms with van der Waals surface area (Å²) in [5.74, 6) is -0.778. The van der Waals surface area contributed by atoms with E-state index in [4.69, 9.17) is 0 Å². The molecule has 0 unspecified atom stereocenters. The molecule has 1 N–H and O–H groups in total. The van der Waals surface area contributed by atoms with E-state index in [0.29, 0.717) is 6.54 Å². The highest BCUT2D eigenvalue weighted by Gasteiger charge is 2.09. The van der Waals surface area contributed by atoms with Crippen LogP contribution in [0.5, 0.6) is 0 Å². The molecule has 1 aromatic heterocycles. The van der Waals surface area contributed by atoms with Crippen molar-refractivity contribution in [3.05, 3.63) is 50.3 Å². The van der Waals surface area contributed by atoms with E-state index in [-0.39, 0.29) is 22.9 Å². The number of hydrogen-bond acceptors (Lipinski definition) is 3. The van der Waals surface area contributed by atoms with E-state index in [9.17, 15) is 14.0 Å². The zero-order valence-electron chi connectivity index (χ0n) is 11.3. The number of aromatic nitrogens is 1. The third-order valence-electron chi connectivity index (χ3n) is 2.93. The lowest BCUT2D eigenvalue weighted by atomic mass is 10.2. The summed E-state index contributed by atoms with van der Waals surface area (Å²) in [7, 11) is 0. The number of halogens is 1. The standard InChI is InChI=1S/C14H15FN2O2S/c1-9-3-4-11(15)12(7-9)16-13(18)5-6-17-10(2)8-20-14(17)19/h3-4,7-8H,5-6H2,1-2H3,(H,16,18). The molecule has 0 saturated carbocycles. The van der Waals surface area contributed by atoms with E-state index in [0.717, 1.165) is 22.6 Å². The van der Waals surface area contributed by atoms with Gasteiger partial charge in [-0.1, -0.05) is 17.4 Å². The number of carbonyl (C=O) groups excluding carboxylic acids is 1. The van der Waals surface area contributed by atoms with Crippen LogP contribution in [0.15, 0.2) is 28.4 Å². The lowest BCUT2D eigenvalue weighted by Crippen LogP contribution is -2.20. The predicted octanol–water partition coefficient (Wildman–Crippen LogP) is 2.69. The van der Waals surface area contributed by atoms with Crippen LogP contribution < -0.4 is 10.2 Å². The number of nitrogens with one attached hydrogen (secondary N) is 1. The van der Waals surface area contributed by atoms with Crippen molar-refractivity contribution in [2.45, 2.75) is 26.8 Å². The molecule has 0 atom stereocenters. The predicted molar refractivity (Wildman–Crippen MR) is 77.7 cm³/mol. The number of thiazole rings is 1. The average Bonchev–Trinajstić information content (AvgIpc) is 2.71. The maximum atomic E-state index is 13.5. The molecule has 1 aromatic carbocycles. The van der Waals surface area contributed by atoms with Crippen LogP contribution in [0.25, 0.3) is 0 Å². The van der Waals surface area contributed by atoms with Gasteiger partial charge in [0.1, 0.15) is 5.82 Å². The summed E-state index contributed by atoms with van der Waals surface area (Å²) < 4.78 is 15.0. The maximum absolute atomic E-state index is 13.5. The minimum atomic E-state index is -0.465. The van der Waals surface area contributed by atoms with Crippen LogP contribution in [-0.2, 0) is 11.3 Å². The van der Waals surface area contributed by atoms with Crippen LogP contribution in [0.4, 0.5) is 10.1 Å². The number of nitrogens with zero attached hydrogens (tertiary/aromatic N) is 1. The van der Waals surface area contributed by atoms with Gasteiger partial charge in [0.25, 0.3) is 0 Å². The summed E-state index contributed by atoms with van der Waals surface area (Å²) in [6.45, 7) is 3.94. The first kappa shape index (κ1) is 14.5. The highest BCUT2D eigenvalue weighted by molar-refractivity contribution is 7.07. The first-order valence-corrected chi connectivity index (χ1v) is 7.06. The van der Waals surface area contributed by atoms with E-state index in [1.807, 2.05) is 13.8 Å². The Balaban J connectivity index is 2.00. The van der Waals surface area contributed by atoms with E-state index < -0.39 is 5.82 Å². The molecule has 1 amide bonds. The molecular formula is C14H15FN2O2S. The molecule has 2 aromatic rings. The van der Waals surface area contributed by atoms with Crippen molar-refractivity contribution in [1.82, 2.24) is 4.57 Å². The number of anilines is 1. The Morgan fingerprint density at radius 2 is 2.15 bits per heavy atom. The summed E-state index contributed by atoms with van der Waals surface area (Å²) in [6.07, 6.45) is 0.130. The van der Waals surface area contributed by atoms with Crippen LogP contribution in [0.1, 0.15) is 17.7 Å². The van der Waals surface area contributed by atoms with Crippen molar-refractivity contribution in [1.29, 1.82) is 0 Å². The Hall–Kier alpha value is -1.95. The molecule has 0 radical (unpaired) electrons. The summed E-state index contributed by atoms with van der Waals surface area (Å²) >= 11 is 1.11. The Bertz CT molecular complexity index is 691. The summed E-state index contributed by atoms with van der Waals surface area (Å²) in [5, 5.41) is 4.28. The third-order valence-corrected chi connectivity index (χ3v) is 3.82. The van der Waals surface area contributed by atoms with E-state index >= 15 is 0 Å². The zero-order valence-corrected chi connectivity index (χ0v) is 12.1. The topological polar surface area (TPSA) is 51.1 Å². The fraction of sp³-hybridized carbons (Fsp3) is 0.286. The normalized spacial score (nSPS) is 10.6. The number of amides is 1. The van der Waals surface area contributed by atoms with Gasteiger partial charge in [-0.05, 0) is 31.5 Å². The number of aryl methyl sites for hydroxylation is 2. The van der Waals surface area contributed by atoms with Gasteiger partial charge in [-0.2, -0.15) is 0 Å². The molecule has 0 fully saturated rings. The van der Waals surface area contributed by atoms with Gasteiger partial charge in [0.05, 0.1) is 5.69 Å². The maximum Gasteiger partial charge on any atom is 0.307 e. The molecule has 0 aliphatic carbocycles. The number of rotatable bonds is 4. The van der Waals surface area contributed by atoms with Crippen LogP contribution in [0.2, 0.25) is 0 Å². The number of carbonyl (C=O) groups is 1. The van der Waals surface area contributed by atoms with Crippen LogP contribution in [-0.4, -0.2) is 10.5 Å². The van der Waals surface area contributed by atoms with Crippen LogP contribution in [0, 0.1) is 19.7 Å². The molecule has 0 aliphatic rings. The van der Waals surface area contributed by atoms with Crippen molar-refractivity contribution < 1.29 is 9.18 Å². The van der Waals surface area contributed by atoms with Gasteiger partial charge in [-0.3, -0.25) is 9.59 Å². The molecule has 0 bridgehead atoms. The molecule has 1 heterocycles. The van der Waals surface area contributed by atoms with Gasteiger partial charge < -0.3 is 9.88 Å². The van der Waals surface area contributed by atoms with Gasteiger partial charge in [0.15, 0.2) is 0 Å². The summed E-state index contributed by atoms with van der Waals surface area (Å²) in [4.78, 5) is 23.2. The van der Waals surface area contributed by atoms with Gasteiger partial charge in [0.2, 0.25) is 5.91 Å². The van der Waals surface area contributed by atoms with Crippen molar-refractivity contribution in [2.24, 2.45) is 0 Å². The summed E-state index contributed by atoms with van der Waals surface area (Å²) in [5.41, 5.74) is 1.87. The van der Waals surface area contributed by atoms with Gasteiger partial charge in [0, 0.05) is 24.0 Å². The second-order valence-corrected chi connectivity index (χ2v) is 5.40. The Morgan fingerprint density at radius 1 is 1.40 bits per heavy atom. The van der Waals surface area contributed by atoms with Crippen molar-refractivity contribution in [2.75, 3.05) is 5.32 Å². The minimum Gasteiger partial charge on any atom is -0.324 e. The zero-order chi connectivity index (χ0) is 14.7.